The van der Waals surface area contributed by atoms with Crippen molar-refractivity contribution in [2.75, 3.05) is 0 Å². The van der Waals surface area contributed by atoms with Crippen LogP contribution >= 0.6 is 0 Å². The summed E-state index contributed by atoms with van der Waals surface area (Å²) in [5.74, 6) is 1.79. The van der Waals surface area contributed by atoms with Crippen LogP contribution in [0, 0.1) is 0 Å². The van der Waals surface area contributed by atoms with Crippen molar-refractivity contribution in [1.82, 2.24) is 29.9 Å². The molecule has 0 saturated heterocycles. The quantitative estimate of drug-likeness (QED) is 0.181. The van der Waals surface area contributed by atoms with Gasteiger partial charge in [0, 0.05) is 39.9 Å². The summed E-state index contributed by atoms with van der Waals surface area (Å²) in [7, 11) is 0. The molecule has 0 aliphatic carbocycles. The van der Waals surface area contributed by atoms with Crippen molar-refractivity contribution in [1.29, 1.82) is 0 Å². The second-order valence-corrected chi connectivity index (χ2v) is 11.6. The van der Waals surface area contributed by atoms with Gasteiger partial charge in [0.15, 0.2) is 17.5 Å². The number of furan rings is 1. The molecule has 0 spiro atoms. The van der Waals surface area contributed by atoms with Gasteiger partial charge in [-0.3, -0.25) is 9.97 Å². The summed E-state index contributed by atoms with van der Waals surface area (Å²) in [5.41, 5.74) is 9.33. The first-order valence-corrected chi connectivity index (χ1v) is 15.9. The summed E-state index contributed by atoms with van der Waals surface area (Å²) in [6, 6.07) is 48.1. The van der Waals surface area contributed by atoms with Gasteiger partial charge in [-0.1, -0.05) is 91.0 Å². The van der Waals surface area contributed by atoms with Crippen LogP contribution in [-0.4, -0.2) is 29.9 Å². The van der Waals surface area contributed by atoms with Gasteiger partial charge in [0.1, 0.15) is 11.2 Å². The Morgan fingerprint density at radius 1 is 0.367 bits per heavy atom. The van der Waals surface area contributed by atoms with Crippen molar-refractivity contribution in [3.63, 3.8) is 0 Å². The van der Waals surface area contributed by atoms with E-state index in [1.165, 1.54) is 0 Å². The molecule has 9 rings (SSSR count). The van der Waals surface area contributed by atoms with Crippen molar-refractivity contribution in [3.8, 4) is 68.1 Å². The molecule has 49 heavy (non-hydrogen) atoms. The maximum atomic E-state index is 6.42. The van der Waals surface area contributed by atoms with Gasteiger partial charge in [0.05, 0.1) is 22.8 Å². The summed E-state index contributed by atoms with van der Waals surface area (Å²) in [6.45, 7) is 0. The van der Waals surface area contributed by atoms with Crippen LogP contribution in [-0.2, 0) is 0 Å². The molecule has 0 unspecified atom stereocenters. The van der Waals surface area contributed by atoms with Gasteiger partial charge in [0.2, 0.25) is 0 Å². The Bertz CT molecular complexity index is 2470. The molecule has 4 aromatic carbocycles. The maximum Gasteiger partial charge on any atom is 0.164 e. The van der Waals surface area contributed by atoms with Gasteiger partial charge < -0.3 is 4.42 Å². The highest BCUT2D eigenvalue weighted by Gasteiger charge is 2.19. The van der Waals surface area contributed by atoms with E-state index >= 15 is 0 Å². The first-order valence-electron chi connectivity index (χ1n) is 15.9. The van der Waals surface area contributed by atoms with E-state index in [0.29, 0.717) is 17.5 Å². The van der Waals surface area contributed by atoms with Gasteiger partial charge in [-0.05, 0) is 65.7 Å². The molecule has 0 aliphatic heterocycles. The molecule has 0 amide bonds. The lowest BCUT2D eigenvalue weighted by Gasteiger charge is -2.10. The highest BCUT2D eigenvalue weighted by Crippen LogP contribution is 2.39. The molecule has 0 N–H and O–H groups in total. The Labute approximate surface area is 281 Å². The van der Waals surface area contributed by atoms with Crippen molar-refractivity contribution in [2.24, 2.45) is 0 Å². The normalized spacial score (nSPS) is 11.3. The van der Waals surface area contributed by atoms with Crippen molar-refractivity contribution in [3.05, 3.63) is 158 Å². The van der Waals surface area contributed by atoms with Crippen LogP contribution in [0.4, 0.5) is 0 Å². The van der Waals surface area contributed by atoms with Crippen LogP contribution in [0.5, 0.6) is 0 Å². The molecule has 0 fully saturated rings. The molecule has 0 aliphatic rings. The molecule has 7 nitrogen and oxygen atoms in total. The third-order valence-electron chi connectivity index (χ3n) is 8.45. The molecule has 0 saturated carbocycles. The zero-order valence-electron chi connectivity index (χ0n) is 26.1. The number of nitrogens with zero attached hydrogens (tertiary/aromatic N) is 6. The molecule has 0 atom stereocenters. The van der Waals surface area contributed by atoms with Crippen LogP contribution in [0.2, 0.25) is 0 Å². The molecule has 9 aromatic rings. The van der Waals surface area contributed by atoms with Crippen molar-refractivity contribution < 1.29 is 4.42 Å². The van der Waals surface area contributed by atoms with E-state index in [4.69, 9.17) is 24.4 Å². The number of rotatable bonds is 6. The van der Waals surface area contributed by atoms with Gasteiger partial charge in [-0.2, -0.15) is 0 Å². The third-order valence-corrected chi connectivity index (χ3v) is 8.45. The van der Waals surface area contributed by atoms with E-state index in [-0.39, 0.29) is 0 Å². The fourth-order valence-electron chi connectivity index (χ4n) is 6.11. The van der Waals surface area contributed by atoms with Gasteiger partial charge >= 0.3 is 0 Å². The number of hydrogen-bond donors (Lipinski definition) is 0. The predicted molar refractivity (Wildman–Crippen MR) is 193 cm³/mol. The average molecular weight is 631 g/mol. The Morgan fingerprint density at radius 3 is 1.55 bits per heavy atom. The molecule has 0 radical (unpaired) electrons. The Hall–Kier alpha value is -6.86. The van der Waals surface area contributed by atoms with Gasteiger partial charge in [-0.15, -0.1) is 0 Å². The van der Waals surface area contributed by atoms with Crippen molar-refractivity contribution in [2.45, 2.75) is 0 Å². The van der Waals surface area contributed by atoms with Crippen LogP contribution in [0.15, 0.2) is 162 Å². The third kappa shape index (κ3) is 5.39. The van der Waals surface area contributed by atoms with E-state index < -0.39 is 0 Å². The van der Waals surface area contributed by atoms with E-state index in [2.05, 4.69) is 34.2 Å². The zero-order chi connectivity index (χ0) is 32.6. The fraction of sp³-hybridized carbons (Fsp3) is 0. The van der Waals surface area contributed by atoms with E-state index in [1.807, 2.05) is 121 Å². The zero-order valence-corrected chi connectivity index (χ0v) is 26.1. The monoisotopic (exact) mass is 630 g/mol. The van der Waals surface area contributed by atoms with Crippen LogP contribution < -0.4 is 0 Å². The lowest BCUT2D eigenvalue weighted by atomic mass is 9.99. The topological polar surface area (TPSA) is 90.5 Å². The number of benzene rings is 4. The maximum absolute atomic E-state index is 6.42. The predicted octanol–water partition coefficient (Wildman–Crippen LogP) is 9.96. The summed E-state index contributed by atoms with van der Waals surface area (Å²) in [6.07, 6.45) is 3.56. The molecule has 230 valence electrons. The standard InChI is InChI=1S/C42H26N6O/c1-3-12-27(13-4-1)40-46-41(28-14-5-2-6-15-28)48-42(47-40)31-16-11-19-38-39(31)32-24-29(20-21-37(32)49-38)30-25-35(33-17-7-9-22-43-33)45-36(26-30)34-18-8-10-23-44-34/h1-26H. The summed E-state index contributed by atoms with van der Waals surface area (Å²) in [5, 5.41) is 1.90. The number of pyridine rings is 3. The van der Waals surface area contributed by atoms with Crippen LogP contribution in [0.1, 0.15) is 0 Å². The van der Waals surface area contributed by atoms with Crippen LogP contribution in [0.3, 0.4) is 0 Å². The Morgan fingerprint density at radius 2 is 0.959 bits per heavy atom. The minimum atomic E-state index is 0.574. The number of aromatic nitrogens is 6. The molecule has 5 heterocycles. The van der Waals surface area contributed by atoms with Crippen molar-refractivity contribution >= 4 is 21.9 Å². The SMILES string of the molecule is c1ccc(-c2nc(-c3ccccc3)nc(-c3cccc4oc5ccc(-c6cc(-c7ccccn7)nc(-c7ccccn7)c6)cc5c34)n2)cc1. The second kappa shape index (κ2) is 12.1. The fourth-order valence-corrected chi connectivity index (χ4v) is 6.11. The van der Waals surface area contributed by atoms with Gasteiger partial charge in [-0.25, -0.2) is 19.9 Å². The largest absolute Gasteiger partial charge is 0.456 e. The first-order chi connectivity index (χ1) is 24.3. The molecule has 5 aromatic heterocycles. The lowest BCUT2D eigenvalue weighted by molar-refractivity contribution is 0.669. The van der Waals surface area contributed by atoms with E-state index in [9.17, 15) is 0 Å². The molecular formula is C42H26N6O. The first kappa shape index (κ1) is 28.4. The summed E-state index contributed by atoms with van der Waals surface area (Å²) >= 11 is 0. The van der Waals surface area contributed by atoms with E-state index in [0.717, 1.165) is 72.5 Å². The summed E-state index contributed by atoms with van der Waals surface area (Å²) < 4.78 is 6.42. The number of hydrogen-bond acceptors (Lipinski definition) is 7. The molecule has 7 heteroatoms. The highest BCUT2D eigenvalue weighted by molar-refractivity contribution is 6.12. The van der Waals surface area contributed by atoms with Crippen LogP contribution in [0.25, 0.3) is 90.0 Å². The lowest BCUT2D eigenvalue weighted by Crippen LogP contribution is -2.00. The summed E-state index contributed by atoms with van der Waals surface area (Å²) in [4.78, 5) is 29.1. The average Bonchev–Trinajstić information content (AvgIpc) is 3.57. The Kier molecular flexibility index (Phi) is 6.98. The highest BCUT2D eigenvalue weighted by atomic mass is 16.3. The second-order valence-electron chi connectivity index (χ2n) is 11.6. The molecule has 0 bridgehead atoms. The Balaban J connectivity index is 1.25. The minimum absolute atomic E-state index is 0.574. The minimum Gasteiger partial charge on any atom is -0.456 e. The smallest absolute Gasteiger partial charge is 0.164 e. The van der Waals surface area contributed by atoms with Gasteiger partial charge in [0.25, 0.3) is 0 Å². The van der Waals surface area contributed by atoms with E-state index in [1.54, 1.807) is 12.4 Å². The number of fused-ring (bicyclic) bond motifs is 3. The molecular weight excluding hydrogens is 605 g/mol.